The van der Waals surface area contributed by atoms with Crippen LogP contribution >= 0.6 is 0 Å². The highest BCUT2D eigenvalue weighted by Gasteiger charge is 2.18. The third-order valence-electron chi connectivity index (χ3n) is 4.83. The Morgan fingerprint density at radius 3 is 2.61 bits per heavy atom. The molecule has 5 rings (SSSR count). The van der Waals surface area contributed by atoms with Crippen LogP contribution in [0, 0.1) is 6.92 Å². The van der Waals surface area contributed by atoms with Crippen LogP contribution in [-0.2, 0) is 13.2 Å². The standard InChI is InChI=1S/C22H21N7O2/c1-14-10-19(27-31-14)21-25-24-20-17-6-4-5-7-18(17)22(26-29(20)21)30-13-16-9-8-15(11-23-16)12-28(2)3/h4-11H,12-13H2,1-3H3. The van der Waals surface area contributed by atoms with Gasteiger partial charge < -0.3 is 14.2 Å². The number of aromatic nitrogens is 6. The minimum Gasteiger partial charge on any atom is -0.470 e. The van der Waals surface area contributed by atoms with Crippen LogP contribution in [0.3, 0.4) is 0 Å². The Labute approximate surface area is 178 Å². The molecule has 0 radical (unpaired) electrons. The molecular weight excluding hydrogens is 394 g/mol. The van der Waals surface area contributed by atoms with E-state index in [4.69, 9.17) is 9.26 Å². The summed E-state index contributed by atoms with van der Waals surface area (Å²) < 4.78 is 12.9. The van der Waals surface area contributed by atoms with E-state index in [1.807, 2.05) is 57.5 Å². The third-order valence-corrected chi connectivity index (χ3v) is 4.83. The molecule has 31 heavy (non-hydrogen) atoms. The number of benzene rings is 1. The second-order valence-corrected chi connectivity index (χ2v) is 7.62. The van der Waals surface area contributed by atoms with E-state index >= 15 is 0 Å². The summed E-state index contributed by atoms with van der Waals surface area (Å²) in [6, 6.07) is 13.7. The van der Waals surface area contributed by atoms with Crippen molar-refractivity contribution in [3.05, 3.63) is 65.7 Å². The van der Waals surface area contributed by atoms with E-state index in [9.17, 15) is 0 Å². The van der Waals surface area contributed by atoms with Crippen molar-refractivity contribution in [1.82, 2.24) is 34.9 Å². The quantitative estimate of drug-likeness (QED) is 0.417. The highest BCUT2D eigenvalue weighted by Crippen LogP contribution is 2.29. The lowest BCUT2D eigenvalue weighted by Crippen LogP contribution is -2.11. The molecule has 5 aromatic rings. The van der Waals surface area contributed by atoms with Crippen molar-refractivity contribution in [2.45, 2.75) is 20.1 Å². The summed E-state index contributed by atoms with van der Waals surface area (Å²) in [5.41, 5.74) is 3.17. The minimum absolute atomic E-state index is 0.297. The van der Waals surface area contributed by atoms with Crippen LogP contribution in [0.4, 0.5) is 0 Å². The van der Waals surface area contributed by atoms with E-state index in [0.717, 1.165) is 28.6 Å². The van der Waals surface area contributed by atoms with Crippen LogP contribution in [0.1, 0.15) is 17.0 Å². The summed E-state index contributed by atoms with van der Waals surface area (Å²) in [7, 11) is 4.06. The lowest BCUT2D eigenvalue weighted by atomic mass is 10.2. The van der Waals surface area contributed by atoms with E-state index in [1.54, 1.807) is 10.6 Å². The number of fused-ring (bicyclic) bond motifs is 3. The van der Waals surface area contributed by atoms with Gasteiger partial charge in [0.15, 0.2) is 11.3 Å². The summed E-state index contributed by atoms with van der Waals surface area (Å²) in [6.07, 6.45) is 1.87. The van der Waals surface area contributed by atoms with Gasteiger partial charge in [0.1, 0.15) is 12.4 Å². The molecule has 0 spiro atoms. The van der Waals surface area contributed by atoms with E-state index < -0.39 is 0 Å². The Morgan fingerprint density at radius 1 is 1.06 bits per heavy atom. The van der Waals surface area contributed by atoms with E-state index in [0.29, 0.717) is 35.4 Å². The molecule has 0 fully saturated rings. The normalized spacial score (nSPS) is 11.6. The second kappa shape index (κ2) is 7.77. The van der Waals surface area contributed by atoms with Gasteiger partial charge >= 0.3 is 0 Å². The maximum Gasteiger partial charge on any atom is 0.240 e. The predicted molar refractivity (Wildman–Crippen MR) is 114 cm³/mol. The van der Waals surface area contributed by atoms with Gasteiger partial charge in [0, 0.05) is 29.6 Å². The maximum absolute atomic E-state index is 6.10. The minimum atomic E-state index is 0.297. The summed E-state index contributed by atoms with van der Waals surface area (Å²) >= 11 is 0. The molecule has 0 atom stereocenters. The Hall–Kier alpha value is -3.85. The van der Waals surface area contributed by atoms with Crippen molar-refractivity contribution in [3.63, 3.8) is 0 Å². The predicted octanol–water partition coefficient (Wildman–Crippen LogP) is 3.28. The monoisotopic (exact) mass is 415 g/mol. The molecule has 0 aliphatic carbocycles. The fourth-order valence-electron chi connectivity index (χ4n) is 3.43. The fraction of sp³-hybridized carbons (Fsp3) is 0.227. The number of aryl methyl sites for hydroxylation is 1. The first-order valence-corrected chi connectivity index (χ1v) is 9.87. The van der Waals surface area contributed by atoms with Gasteiger partial charge in [-0.05, 0) is 38.7 Å². The Bertz CT molecular complexity index is 1360. The average molecular weight is 415 g/mol. The van der Waals surface area contributed by atoms with Crippen LogP contribution in [-0.4, -0.2) is 48.9 Å². The highest BCUT2D eigenvalue weighted by atomic mass is 16.5. The molecule has 0 aliphatic heterocycles. The lowest BCUT2D eigenvalue weighted by Gasteiger charge is -2.11. The van der Waals surface area contributed by atoms with Crippen LogP contribution in [0.15, 0.2) is 53.2 Å². The first-order valence-electron chi connectivity index (χ1n) is 9.87. The van der Waals surface area contributed by atoms with Crippen LogP contribution in [0.5, 0.6) is 5.88 Å². The van der Waals surface area contributed by atoms with Crippen LogP contribution in [0.25, 0.3) is 27.9 Å². The van der Waals surface area contributed by atoms with Crippen LogP contribution in [0.2, 0.25) is 0 Å². The van der Waals surface area contributed by atoms with Gasteiger partial charge in [-0.15, -0.1) is 15.3 Å². The van der Waals surface area contributed by atoms with Crippen molar-refractivity contribution < 1.29 is 9.26 Å². The SMILES string of the molecule is Cc1cc(-c2nnc3c4ccccc4c(OCc4ccc(CN(C)C)cn4)nn23)no1. The molecule has 0 N–H and O–H groups in total. The topological polar surface area (TPSA) is 94.5 Å². The van der Waals surface area contributed by atoms with E-state index in [2.05, 4.69) is 36.4 Å². The molecule has 0 aliphatic rings. The molecule has 9 heteroatoms. The first-order chi connectivity index (χ1) is 15.1. The van der Waals surface area contributed by atoms with Crippen molar-refractivity contribution >= 4 is 16.4 Å². The third kappa shape index (κ3) is 3.71. The van der Waals surface area contributed by atoms with Gasteiger partial charge in [-0.2, -0.15) is 4.52 Å². The average Bonchev–Trinajstić information content (AvgIpc) is 3.38. The fourth-order valence-corrected chi connectivity index (χ4v) is 3.43. The Balaban J connectivity index is 1.51. The number of rotatable bonds is 6. The summed E-state index contributed by atoms with van der Waals surface area (Å²) in [5.74, 6) is 1.66. The van der Waals surface area contributed by atoms with Gasteiger partial charge in [0.05, 0.1) is 5.69 Å². The van der Waals surface area contributed by atoms with Gasteiger partial charge in [0.2, 0.25) is 11.7 Å². The van der Waals surface area contributed by atoms with Crippen molar-refractivity contribution in [1.29, 1.82) is 0 Å². The Kier molecular flexibility index (Phi) is 4.79. The molecule has 0 saturated heterocycles. The zero-order valence-electron chi connectivity index (χ0n) is 17.5. The molecule has 4 heterocycles. The van der Waals surface area contributed by atoms with E-state index in [1.165, 1.54) is 0 Å². The molecule has 156 valence electrons. The van der Waals surface area contributed by atoms with Crippen molar-refractivity contribution in [2.24, 2.45) is 0 Å². The first kappa shape index (κ1) is 19.1. The zero-order chi connectivity index (χ0) is 21.4. The van der Waals surface area contributed by atoms with Gasteiger partial charge in [-0.1, -0.05) is 29.4 Å². The number of pyridine rings is 1. The molecule has 9 nitrogen and oxygen atoms in total. The van der Waals surface area contributed by atoms with Crippen LogP contribution < -0.4 is 4.74 Å². The zero-order valence-corrected chi connectivity index (χ0v) is 17.5. The highest BCUT2D eigenvalue weighted by molar-refractivity contribution is 5.96. The Morgan fingerprint density at radius 2 is 1.90 bits per heavy atom. The largest absolute Gasteiger partial charge is 0.470 e. The van der Waals surface area contributed by atoms with Crippen molar-refractivity contribution in [2.75, 3.05) is 14.1 Å². The number of ether oxygens (including phenoxy) is 1. The molecule has 1 aromatic carbocycles. The molecule has 0 bridgehead atoms. The smallest absolute Gasteiger partial charge is 0.240 e. The van der Waals surface area contributed by atoms with Gasteiger partial charge in [-0.3, -0.25) is 4.98 Å². The van der Waals surface area contributed by atoms with Gasteiger partial charge in [0.25, 0.3) is 0 Å². The van der Waals surface area contributed by atoms with Crippen molar-refractivity contribution in [3.8, 4) is 17.4 Å². The molecule has 0 amide bonds. The van der Waals surface area contributed by atoms with Gasteiger partial charge in [-0.25, -0.2) is 0 Å². The second-order valence-electron chi connectivity index (χ2n) is 7.62. The summed E-state index contributed by atoms with van der Waals surface area (Å²) in [6.45, 7) is 2.97. The molecule has 0 saturated carbocycles. The molecule has 0 unspecified atom stereocenters. The number of nitrogens with zero attached hydrogens (tertiary/aromatic N) is 7. The lowest BCUT2D eigenvalue weighted by molar-refractivity contribution is 0.289. The van der Waals surface area contributed by atoms with E-state index in [-0.39, 0.29) is 0 Å². The number of hydrogen-bond acceptors (Lipinski definition) is 8. The maximum atomic E-state index is 6.10. The summed E-state index contributed by atoms with van der Waals surface area (Å²) in [5, 5.41) is 19.1. The number of hydrogen-bond donors (Lipinski definition) is 0. The molecular formula is C22H21N7O2. The molecule has 4 aromatic heterocycles. The summed E-state index contributed by atoms with van der Waals surface area (Å²) in [4.78, 5) is 6.62.